The standard InChI is InChI=1S/C16H29N3O/c1-5-20-16(9-7-6-8-10-16)15(17-3)12-14-11-13(2)18-19(14)4/h11,15,17H,5-10,12H2,1-4H3. The van der Waals surface area contributed by atoms with Gasteiger partial charge in [0, 0.05) is 31.8 Å². The van der Waals surface area contributed by atoms with Crippen LogP contribution in [0, 0.1) is 6.92 Å². The van der Waals surface area contributed by atoms with Crippen LogP contribution in [0.15, 0.2) is 6.07 Å². The SMILES string of the molecule is CCOC1(C(Cc2cc(C)nn2C)NC)CCCCC1. The maximum absolute atomic E-state index is 6.25. The Hall–Kier alpha value is -0.870. The van der Waals surface area contributed by atoms with E-state index in [1.165, 1.54) is 37.8 Å². The predicted molar refractivity (Wildman–Crippen MR) is 81.9 cm³/mol. The maximum Gasteiger partial charge on any atom is 0.0838 e. The van der Waals surface area contributed by atoms with Gasteiger partial charge in [-0.05, 0) is 39.8 Å². The van der Waals surface area contributed by atoms with Gasteiger partial charge in [-0.25, -0.2) is 0 Å². The Kier molecular flexibility index (Phi) is 5.22. The lowest BCUT2D eigenvalue weighted by Gasteiger charge is -2.43. The first kappa shape index (κ1) is 15.5. The number of nitrogens with zero attached hydrogens (tertiary/aromatic N) is 2. The van der Waals surface area contributed by atoms with Gasteiger partial charge in [0.2, 0.25) is 0 Å². The van der Waals surface area contributed by atoms with Crippen molar-refractivity contribution in [2.75, 3.05) is 13.7 Å². The molecule has 4 nitrogen and oxygen atoms in total. The van der Waals surface area contributed by atoms with Gasteiger partial charge in [0.1, 0.15) is 0 Å². The summed E-state index contributed by atoms with van der Waals surface area (Å²) < 4.78 is 8.25. The molecule has 1 aromatic rings. The summed E-state index contributed by atoms with van der Waals surface area (Å²) >= 11 is 0. The second-order valence-corrected chi connectivity index (χ2v) is 6.00. The smallest absolute Gasteiger partial charge is 0.0838 e. The summed E-state index contributed by atoms with van der Waals surface area (Å²) in [6.07, 6.45) is 7.22. The Bertz CT molecular complexity index is 416. The van der Waals surface area contributed by atoms with Crippen molar-refractivity contribution < 1.29 is 4.74 Å². The van der Waals surface area contributed by atoms with Crippen molar-refractivity contribution in [3.8, 4) is 0 Å². The number of nitrogens with one attached hydrogen (secondary N) is 1. The summed E-state index contributed by atoms with van der Waals surface area (Å²) in [5, 5.41) is 7.98. The van der Waals surface area contributed by atoms with Crippen molar-refractivity contribution in [3.63, 3.8) is 0 Å². The topological polar surface area (TPSA) is 39.1 Å². The molecule has 2 rings (SSSR count). The first-order valence-electron chi connectivity index (χ1n) is 7.92. The number of hydrogen-bond donors (Lipinski definition) is 1. The molecule has 0 aliphatic heterocycles. The minimum atomic E-state index is -0.0000746. The van der Waals surface area contributed by atoms with Gasteiger partial charge in [-0.1, -0.05) is 19.3 Å². The lowest BCUT2D eigenvalue weighted by molar-refractivity contribution is -0.0886. The monoisotopic (exact) mass is 279 g/mol. The number of likely N-dealkylation sites (N-methyl/N-ethyl adjacent to an activating group) is 1. The van der Waals surface area contributed by atoms with Crippen LogP contribution in [0.2, 0.25) is 0 Å². The Morgan fingerprint density at radius 1 is 1.40 bits per heavy atom. The van der Waals surface area contributed by atoms with Crippen LogP contribution in [0.4, 0.5) is 0 Å². The van der Waals surface area contributed by atoms with Gasteiger partial charge < -0.3 is 10.1 Å². The number of ether oxygens (including phenoxy) is 1. The Balaban J connectivity index is 2.17. The normalized spacial score (nSPS) is 20.0. The average molecular weight is 279 g/mol. The largest absolute Gasteiger partial charge is 0.374 e. The van der Waals surface area contributed by atoms with E-state index in [4.69, 9.17) is 4.74 Å². The minimum absolute atomic E-state index is 0.0000746. The Morgan fingerprint density at radius 3 is 2.60 bits per heavy atom. The molecule has 1 saturated carbocycles. The fourth-order valence-corrected chi connectivity index (χ4v) is 3.65. The Morgan fingerprint density at radius 2 is 2.10 bits per heavy atom. The van der Waals surface area contributed by atoms with Gasteiger partial charge in [0.05, 0.1) is 11.3 Å². The second-order valence-electron chi connectivity index (χ2n) is 6.00. The molecule has 0 saturated heterocycles. The van der Waals surface area contributed by atoms with Crippen LogP contribution in [-0.4, -0.2) is 35.1 Å². The zero-order valence-electron chi connectivity index (χ0n) is 13.4. The number of hydrogen-bond acceptors (Lipinski definition) is 3. The first-order valence-corrected chi connectivity index (χ1v) is 7.92. The molecule has 20 heavy (non-hydrogen) atoms. The van der Waals surface area contributed by atoms with Gasteiger partial charge in [0.25, 0.3) is 0 Å². The second kappa shape index (κ2) is 6.72. The lowest BCUT2D eigenvalue weighted by Crippen LogP contribution is -2.54. The molecule has 1 fully saturated rings. The maximum atomic E-state index is 6.25. The van der Waals surface area contributed by atoms with E-state index in [0.717, 1.165) is 18.7 Å². The van der Waals surface area contributed by atoms with Gasteiger partial charge >= 0.3 is 0 Å². The molecule has 0 amide bonds. The van der Waals surface area contributed by atoms with E-state index >= 15 is 0 Å². The van der Waals surface area contributed by atoms with E-state index < -0.39 is 0 Å². The molecule has 1 N–H and O–H groups in total. The van der Waals surface area contributed by atoms with Crippen molar-refractivity contribution in [1.82, 2.24) is 15.1 Å². The highest BCUT2D eigenvalue weighted by atomic mass is 16.5. The van der Waals surface area contributed by atoms with Crippen LogP contribution < -0.4 is 5.32 Å². The van der Waals surface area contributed by atoms with E-state index in [1.54, 1.807) is 0 Å². The third-order valence-electron chi connectivity index (χ3n) is 4.63. The van der Waals surface area contributed by atoms with E-state index in [-0.39, 0.29) is 5.60 Å². The highest BCUT2D eigenvalue weighted by molar-refractivity contribution is 5.12. The number of rotatable bonds is 6. The van der Waals surface area contributed by atoms with E-state index in [0.29, 0.717) is 6.04 Å². The molecule has 1 unspecified atom stereocenters. The van der Waals surface area contributed by atoms with Crippen molar-refractivity contribution in [2.24, 2.45) is 7.05 Å². The third-order valence-corrected chi connectivity index (χ3v) is 4.63. The minimum Gasteiger partial charge on any atom is -0.374 e. The zero-order valence-corrected chi connectivity index (χ0v) is 13.4. The average Bonchev–Trinajstić information content (AvgIpc) is 2.75. The summed E-state index contributed by atoms with van der Waals surface area (Å²) in [4.78, 5) is 0. The summed E-state index contributed by atoms with van der Waals surface area (Å²) in [6, 6.07) is 2.55. The van der Waals surface area contributed by atoms with Crippen LogP contribution >= 0.6 is 0 Å². The summed E-state index contributed by atoms with van der Waals surface area (Å²) in [7, 11) is 4.09. The van der Waals surface area contributed by atoms with Crippen LogP contribution in [0.3, 0.4) is 0 Å². The molecule has 0 aromatic carbocycles. The molecular formula is C16H29N3O. The summed E-state index contributed by atoms with van der Waals surface area (Å²) in [6.45, 7) is 4.96. The molecule has 0 spiro atoms. The van der Waals surface area contributed by atoms with Crippen molar-refractivity contribution >= 4 is 0 Å². The van der Waals surface area contributed by atoms with Gasteiger partial charge in [-0.2, -0.15) is 5.10 Å². The Labute approximate surface area is 122 Å². The summed E-state index contributed by atoms with van der Waals surface area (Å²) in [5.74, 6) is 0. The van der Waals surface area contributed by atoms with Crippen molar-refractivity contribution in [2.45, 2.75) is 64.0 Å². The van der Waals surface area contributed by atoms with E-state index in [1.807, 2.05) is 11.7 Å². The van der Waals surface area contributed by atoms with Crippen LogP contribution in [-0.2, 0) is 18.2 Å². The van der Waals surface area contributed by atoms with Crippen molar-refractivity contribution in [3.05, 3.63) is 17.5 Å². The number of aromatic nitrogens is 2. The van der Waals surface area contributed by atoms with E-state index in [9.17, 15) is 0 Å². The lowest BCUT2D eigenvalue weighted by atomic mass is 9.77. The quantitative estimate of drug-likeness (QED) is 0.870. The highest BCUT2D eigenvalue weighted by Crippen LogP contribution is 2.35. The molecule has 0 bridgehead atoms. The number of aryl methyl sites for hydroxylation is 2. The summed E-state index contributed by atoms with van der Waals surface area (Å²) in [5.41, 5.74) is 2.37. The fraction of sp³-hybridized carbons (Fsp3) is 0.812. The van der Waals surface area contributed by atoms with Crippen LogP contribution in [0.1, 0.15) is 50.4 Å². The molecular weight excluding hydrogens is 250 g/mol. The molecule has 1 heterocycles. The van der Waals surface area contributed by atoms with Gasteiger partial charge in [-0.3, -0.25) is 4.68 Å². The highest BCUT2D eigenvalue weighted by Gasteiger charge is 2.40. The van der Waals surface area contributed by atoms with Gasteiger partial charge in [-0.15, -0.1) is 0 Å². The molecule has 1 aliphatic carbocycles. The fourth-order valence-electron chi connectivity index (χ4n) is 3.65. The molecule has 114 valence electrons. The molecule has 0 radical (unpaired) electrons. The van der Waals surface area contributed by atoms with Crippen LogP contribution in [0.25, 0.3) is 0 Å². The predicted octanol–water partition coefficient (Wildman–Crippen LogP) is 2.60. The molecule has 1 aliphatic rings. The molecule has 1 atom stereocenters. The van der Waals surface area contributed by atoms with E-state index in [2.05, 4.69) is 37.4 Å². The van der Waals surface area contributed by atoms with Crippen LogP contribution in [0.5, 0.6) is 0 Å². The van der Waals surface area contributed by atoms with Crippen molar-refractivity contribution in [1.29, 1.82) is 0 Å². The molecule has 1 aromatic heterocycles. The van der Waals surface area contributed by atoms with Gasteiger partial charge in [0.15, 0.2) is 0 Å². The third kappa shape index (κ3) is 3.23. The molecule has 4 heteroatoms. The first-order chi connectivity index (χ1) is 9.61. The zero-order chi connectivity index (χ0) is 14.6.